The third-order valence-corrected chi connectivity index (χ3v) is 6.03. The largest absolute Gasteiger partial charge is 0.303 e. The molecule has 0 radical (unpaired) electrons. The highest BCUT2D eigenvalue weighted by Gasteiger charge is 2.16. The van der Waals surface area contributed by atoms with Gasteiger partial charge in [0.15, 0.2) is 0 Å². The van der Waals surface area contributed by atoms with Gasteiger partial charge in [0, 0.05) is 40.7 Å². The van der Waals surface area contributed by atoms with E-state index in [2.05, 4.69) is 89.3 Å². The molecule has 34 heavy (non-hydrogen) atoms. The van der Waals surface area contributed by atoms with E-state index in [4.69, 9.17) is 4.98 Å². The molecule has 0 aliphatic heterocycles. The summed E-state index contributed by atoms with van der Waals surface area (Å²) in [6.07, 6.45) is 5.73. The highest BCUT2D eigenvalue weighted by Crippen LogP contribution is 2.29. The molecule has 5 heterocycles. The maximum Gasteiger partial charge on any atom is 0.140 e. The lowest BCUT2D eigenvalue weighted by atomic mass is 10.0. The first-order valence-electron chi connectivity index (χ1n) is 11.4. The van der Waals surface area contributed by atoms with Crippen molar-refractivity contribution in [3.63, 3.8) is 0 Å². The Kier molecular flexibility index (Phi) is 5.68. The lowest BCUT2D eigenvalue weighted by Crippen LogP contribution is -2.09. The maximum atomic E-state index is 5.11. The number of hydrogen-bond donors (Lipinski definition) is 0. The van der Waals surface area contributed by atoms with Crippen LogP contribution < -0.4 is 0 Å². The lowest BCUT2D eigenvalue weighted by Gasteiger charge is -2.17. The standard InChI is InChI=1S/C29H27N5/c1-20-11-12-21(2)33(20)28-17-24(18-29(32-28)34-22(3)13-14-23(34)4)26(27-10-6-8-16-31-27)19-25-9-5-7-15-30-25/h5-19H,1-4H3/b26-19-. The zero-order valence-electron chi connectivity index (χ0n) is 19.9. The predicted octanol–water partition coefficient (Wildman–Crippen LogP) is 6.28. The Balaban J connectivity index is 1.80. The van der Waals surface area contributed by atoms with E-state index in [1.165, 1.54) is 0 Å². The predicted molar refractivity (Wildman–Crippen MR) is 137 cm³/mol. The molecule has 0 fully saturated rings. The van der Waals surface area contributed by atoms with Crippen LogP contribution in [0.5, 0.6) is 0 Å². The van der Waals surface area contributed by atoms with Gasteiger partial charge in [-0.05, 0) is 100.0 Å². The molecular weight excluding hydrogens is 418 g/mol. The number of aromatic nitrogens is 5. The number of hydrogen-bond acceptors (Lipinski definition) is 3. The van der Waals surface area contributed by atoms with E-state index in [0.29, 0.717) is 0 Å². The van der Waals surface area contributed by atoms with E-state index in [9.17, 15) is 0 Å². The summed E-state index contributed by atoms with van der Waals surface area (Å²) in [4.78, 5) is 14.3. The van der Waals surface area contributed by atoms with Crippen molar-refractivity contribution in [3.05, 3.63) is 125 Å². The van der Waals surface area contributed by atoms with Crippen LogP contribution in [0.4, 0.5) is 0 Å². The van der Waals surface area contributed by atoms with Crippen LogP contribution in [-0.4, -0.2) is 24.1 Å². The normalized spacial score (nSPS) is 11.7. The Morgan fingerprint density at radius 2 is 1.18 bits per heavy atom. The van der Waals surface area contributed by atoms with Crippen LogP contribution in [0, 0.1) is 27.7 Å². The Labute approximate surface area is 200 Å². The first kappa shape index (κ1) is 21.6. The third kappa shape index (κ3) is 4.08. The van der Waals surface area contributed by atoms with Gasteiger partial charge in [-0.3, -0.25) is 9.97 Å². The van der Waals surface area contributed by atoms with Crippen molar-refractivity contribution in [1.29, 1.82) is 0 Å². The van der Waals surface area contributed by atoms with E-state index in [1.54, 1.807) is 0 Å². The van der Waals surface area contributed by atoms with E-state index in [0.717, 1.165) is 56.9 Å². The fourth-order valence-corrected chi connectivity index (χ4v) is 4.38. The van der Waals surface area contributed by atoms with Crippen LogP contribution >= 0.6 is 0 Å². The molecule has 0 unspecified atom stereocenters. The van der Waals surface area contributed by atoms with Gasteiger partial charge in [-0.15, -0.1) is 0 Å². The van der Waals surface area contributed by atoms with Gasteiger partial charge in [0.1, 0.15) is 11.6 Å². The zero-order valence-corrected chi connectivity index (χ0v) is 19.9. The quantitative estimate of drug-likeness (QED) is 0.320. The van der Waals surface area contributed by atoms with Gasteiger partial charge in [0.05, 0.1) is 11.4 Å². The van der Waals surface area contributed by atoms with Crippen molar-refractivity contribution in [2.75, 3.05) is 0 Å². The topological polar surface area (TPSA) is 48.5 Å². The molecule has 5 aromatic heterocycles. The number of rotatable bonds is 5. The minimum Gasteiger partial charge on any atom is -0.303 e. The fraction of sp³-hybridized carbons (Fsp3) is 0.138. The van der Waals surface area contributed by atoms with Crippen LogP contribution in [0.3, 0.4) is 0 Å². The molecule has 5 heteroatoms. The SMILES string of the molecule is Cc1ccc(C)n1-c1cc(/C(=C/c2ccccn2)c2ccccn2)cc(-n2c(C)ccc2C)n1. The second kappa shape index (κ2) is 8.94. The van der Waals surface area contributed by atoms with Gasteiger partial charge in [-0.2, -0.15) is 0 Å². The van der Waals surface area contributed by atoms with Gasteiger partial charge < -0.3 is 9.13 Å². The average Bonchev–Trinajstić information content (AvgIpc) is 3.38. The second-order valence-electron chi connectivity index (χ2n) is 8.50. The first-order chi connectivity index (χ1) is 16.5. The van der Waals surface area contributed by atoms with Gasteiger partial charge in [0.2, 0.25) is 0 Å². The van der Waals surface area contributed by atoms with E-state index >= 15 is 0 Å². The Hall–Kier alpha value is -4.25. The molecule has 0 spiro atoms. The summed E-state index contributed by atoms with van der Waals surface area (Å²) in [6, 6.07) is 24.7. The van der Waals surface area contributed by atoms with Crippen LogP contribution in [0.25, 0.3) is 23.3 Å². The van der Waals surface area contributed by atoms with Crippen LogP contribution in [0.1, 0.15) is 39.7 Å². The van der Waals surface area contributed by atoms with Crippen LogP contribution in [-0.2, 0) is 0 Å². The molecule has 0 aliphatic carbocycles. The smallest absolute Gasteiger partial charge is 0.140 e. The molecule has 0 N–H and O–H groups in total. The van der Waals surface area contributed by atoms with Gasteiger partial charge >= 0.3 is 0 Å². The molecule has 5 nitrogen and oxygen atoms in total. The molecule has 0 saturated heterocycles. The molecular formula is C29H27N5. The second-order valence-corrected chi connectivity index (χ2v) is 8.50. The summed E-state index contributed by atoms with van der Waals surface area (Å²) in [5, 5.41) is 0. The van der Waals surface area contributed by atoms with Crippen molar-refractivity contribution in [2.24, 2.45) is 0 Å². The Morgan fingerprint density at radius 1 is 0.647 bits per heavy atom. The molecule has 0 aromatic carbocycles. The van der Waals surface area contributed by atoms with Crippen molar-refractivity contribution >= 4 is 11.6 Å². The van der Waals surface area contributed by atoms with Crippen LogP contribution in [0.15, 0.2) is 85.2 Å². The van der Waals surface area contributed by atoms with Crippen molar-refractivity contribution in [2.45, 2.75) is 27.7 Å². The minimum atomic E-state index is 0.878. The summed E-state index contributed by atoms with van der Waals surface area (Å²) >= 11 is 0. The average molecular weight is 446 g/mol. The number of pyridine rings is 3. The minimum absolute atomic E-state index is 0.878. The zero-order chi connectivity index (χ0) is 23.7. The lowest BCUT2D eigenvalue weighted by molar-refractivity contribution is 0.872. The third-order valence-electron chi connectivity index (χ3n) is 6.03. The first-order valence-corrected chi connectivity index (χ1v) is 11.4. The van der Waals surface area contributed by atoms with E-state index in [1.807, 2.05) is 48.8 Å². The summed E-state index contributed by atoms with van der Waals surface area (Å²) in [6.45, 7) is 8.43. The number of aryl methyl sites for hydroxylation is 4. The molecule has 5 aromatic rings. The monoisotopic (exact) mass is 445 g/mol. The van der Waals surface area contributed by atoms with Gasteiger partial charge in [-0.25, -0.2) is 4.98 Å². The molecule has 5 rings (SSSR count). The molecule has 0 atom stereocenters. The van der Waals surface area contributed by atoms with Gasteiger partial charge in [-0.1, -0.05) is 12.1 Å². The summed E-state index contributed by atoms with van der Waals surface area (Å²) < 4.78 is 4.38. The van der Waals surface area contributed by atoms with Gasteiger partial charge in [0.25, 0.3) is 0 Å². The maximum absolute atomic E-state index is 5.11. The Bertz CT molecular complexity index is 1370. The fourth-order valence-electron chi connectivity index (χ4n) is 4.38. The number of nitrogens with zero attached hydrogens (tertiary/aromatic N) is 5. The van der Waals surface area contributed by atoms with Crippen molar-refractivity contribution in [3.8, 4) is 11.6 Å². The van der Waals surface area contributed by atoms with Crippen molar-refractivity contribution in [1.82, 2.24) is 24.1 Å². The molecule has 0 saturated carbocycles. The van der Waals surface area contributed by atoms with Crippen molar-refractivity contribution < 1.29 is 0 Å². The molecule has 0 bridgehead atoms. The summed E-state index contributed by atoms with van der Waals surface area (Å²) in [5.41, 5.74) is 8.36. The highest BCUT2D eigenvalue weighted by atomic mass is 15.1. The molecule has 0 aliphatic rings. The summed E-state index contributed by atoms with van der Waals surface area (Å²) in [7, 11) is 0. The highest BCUT2D eigenvalue weighted by molar-refractivity contribution is 5.90. The summed E-state index contributed by atoms with van der Waals surface area (Å²) in [5.74, 6) is 1.76. The van der Waals surface area contributed by atoms with E-state index < -0.39 is 0 Å². The molecule has 168 valence electrons. The Morgan fingerprint density at radius 3 is 1.65 bits per heavy atom. The van der Waals surface area contributed by atoms with Crippen LogP contribution in [0.2, 0.25) is 0 Å². The molecule has 0 amide bonds. The van der Waals surface area contributed by atoms with E-state index in [-0.39, 0.29) is 0 Å².